The van der Waals surface area contributed by atoms with Crippen LogP contribution in [0.3, 0.4) is 0 Å². The number of amides is 13. The molecule has 2 saturated heterocycles. The second kappa shape index (κ2) is 37.0. The van der Waals surface area contributed by atoms with Crippen LogP contribution in [0.4, 0.5) is 0 Å². The molecule has 37 nitrogen and oxygen atoms in total. The van der Waals surface area contributed by atoms with Crippen LogP contribution in [0.15, 0.2) is 25.0 Å². The number of carboxylic acid groups (broad SMARTS) is 3. The third kappa shape index (κ3) is 24.1. The molecule has 13 amide bonds. The molecule has 0 aliphatic carbocycles. The number of likely N-dealkylation sites (tertiary alicyclic amines) is 2. The van der Waals surface area contributed by atoms with Gasteiger partial charge in [0.1, 0.15) is 72.5 Å². The van der Waals surface area contributed by atoms with E-state index in [4.69, 9.17) is 10.8 Å². The van der Waals surface area contributed by atoms with E-state index in [1.807, 2.05) is 0 Å². The Morgan fingerprint density at radius 2 is 0.842 bits per heavy atom. The van der Waals surface area contributed by atoms with Crippen molar-refractivity contribution >= 4 is 94.7 Å². The Hall–Kier alpha value is -10.1. The van der Waals surface area contributed by atoms with Crippen molar-refractivity contribution < 1.29 is 92.0 Å². The van der Waals surface area contributed by atoms with Gasteiger partial charge in [-0.1, -0.05) is 27.7 Å². The SMILES string of the molecule is CC(C)[C@H](NC(=O)[C@H](C)NC(=O)[C@@H](NC(=O)[C@H](C)NC(=O)[C@H](Cc1cnc[nH]1)NC(=O)[C@@H]1CCCN1C(=O)CN)C(C)C)C(=O)N[C@@H](C)C(=O)N[C@@H](C)C(=O)NCC(=O)N1CCC[C@H]1C(=O)N[C@@H](Cc1cnc[nH]1)C(=O)N[C@@H](CCC(=O)O)C(=O)N[C@@H](CCC(=O)O)C(=O)O. The molecular weight excluding hydrogens is 1250 g/mol. The molecule has 2 aromatic heterocycles. The minimum atomic E-state index is -1.72. The number of nitrogens with two attached hydrogens (primary N) is 1. The normalized spacial score (nSPS) is 17.5. The molecule has 0 spiro atoms. The van der Waals surface area contributed by atoms with Gasteiger partial charge in [0, 0.05) is 62.6 Å². The molecule has 0 radical (unpaired) electrons. The van der Waals surface area contributed by atoms with Gasteiger partial charge in [0.05, 0.1) is 25.7 Å². The molecule has 524 valence electrons. The summed E-state index contributed by atoms with van der Waals surface area (Å²) in [6.07, 6.45) is 3.99. The number of carbonyl (C=O) groups excluding carboxylic acids is 13. The van der Waals surface area contributed by atoms with Crippen molar-refractivity contribution in [2.75, 3.05) is 26.2 Å². The Bertz CT molecular complexity index is 3090. The summed E-state index contributed by atoms with van der Waals surface area (Å²) >= 11 is 0. The number of rotatable bonds is 37. The Labute approximate surface area is 545 Å². The van der Waals surface area contributed by atoms with E-state index in [2.05, 4.69) is 78.4 Å². The highest BCUT2D eigenvalue weighted by atomic mass is 16.4. The maximum Gasteiger partial charge on any atom is 0.326 e. The zero-order valence-corrected chi connectivity index (χ0v) is 54.0. The third-order valence-corrected chi connectivity index (χ3v) is 15.6. The lowest BCUT2D eigenvalue weighted by Crippen LogP contribution is -2.60. The Morgan fingerprint density at radius 3 is 1.24 bits per heavy atom. The van der Waals surface area contributed by atoms with Crippen LogP contribution < -0.4 is 64.2 Å². The van der Waals surface area contributed by atoms with Crippen molar-refractivity contribution in [1.82, 2.24) is 88.2 Å². The molecule has 0 aromatic carbocycles. The van der Waals surface area contributed by atoms with Gasteiger partial charge in [-0.25, -0.2) is 14.8 Å². The van der Waals surface area contributed by atoms with Crippen molar-refractivity contribution in [3.05, 3.63) is 36.4 Å². The Balaban J connectivity index is 1.29. The number of hydrogen-bond acceptors (Lipinski definition) is 19. The molecule has 12 atom stereocenters. The molecule has 2 fully saturated rings. The average Bonchev–Trinajstić information content (AvgIpc) is 1.80. The summed E-state index contributed by atoms with van der Waals surface area (Å²) in [4.78, 5) is 225. The summed E-state index contributed by atoms with van der Waals surface area (Å²) in [6.45, 7) is 11.1. The van der Waals surface area contributed by atoms with E-state index < -0.39 is 211 Å². The van der Waals surface area contributed by atoms with Gasteiger partial charge in [-0.2, -0.15) is 0 Å². The van der Waals surface area contributed by atoms with Gasteiger partial charge in [-0.05, 0) is 78.1 Å². The first-order valence-corrected chi connectivity index (χ1v) is 30.9. The molecule has 0 unspecified atom stereocenters. The lowest BCUT2D eigenvalue weighted by atomic mass is 10.0. The van der Waals surface area contributed by atoms with Crippen molar-refractivity contribution in [1.29, 1.82) is 0 Å². The standard InChI is InChI=1S/C58H88N18O19/c1-27(2)45(74-50(86)32(8)68-57(93)46(28(3)4)73-49(85)31(7)66-52(88)37(19-33-22-60-25-63-33)71-54(90)39-11-9-17-75(39)41(77)21-59)56(92)67-30(6)48(84)65-29(5)47(83)62-24-42(78)76-18-10-12-40(76)55(91)72-38(20-34-23-61-26-64-34)53(89)69-35(13-15-43(79)80)51(87)70-36(58(94)95)14-16-44(81)82/h22-23,25-32,35-40,45-46H,9-21,24,59H2,1-8H3,(H,60,63)(H,61,64)(H,62,83)(H,65,84)(H,66,88)(H,67,92)(H,68,93)(H,69,89)(H,70,87)(H,71,90)(H,72,91)(H,73,85)(H,74,86)(H,79,80)(H,81,82)(H,94,95)/t29-,30-,31-,32-,35-,36-,37-,38-,39-,40-,45-,46-/m0/s1. The zero-order valence-electron chi connectivity index (χ0n) is 54.0. The van der Waals surface area contributed by atoms with Crippen LogP contribution in [0.1, 0.15) is 118 Å². The molecule has 4 heterocycles. The van der Waals surface area contributed by atoms with Crippen LogP contribution in [-0.4, -0.2) is 238 Å². The summed E-state index contributed by atoms with van der Waals surface area (Å²) < 4.78 is 0. The largest absolute Gasteiger partial charge is 0.481 e. The van der Waals surface area contributed by atoms with E-state index in [0.29, 0.717) is 37.2 Å². The fourth-order valence-electron chi connectivity index (χ4n) is 10.2. The topological polar surface area (TPSA) is 556 Å². The molecule has 2 aromatic rings. The zero-order chi connectivity index (χ0) is 71.0. The monoisotopic (exact) mass is 1340 g/mol. The lowest BCUT2D eigenvalue weighted by Gasteiger charge is -2.28. The summed E-state index contributed by atoms with van der Waals surface area (Å²) in [5.74, 6) is -16.0. The molecule has 4 rings (SSSR count). The molecule has 37 heteroatoms. The molecule has 0 bridgehead atoms. The quantitative estimate of drug-likeness (QED) is 0.0299. The van der Waals surface area contributed by atoms with Gasteiger partial charge in [0.2, 0.25) is 76.8 Å². The molecule has 95 heavy (non-hydrogen) atoms. The summed E-state index contributed by atoms with van der Waals surface area (Å²) in [7, 11) is 0. The minimum absolute atomic E-state index is 0.0375. The van der Waals surface area contributed by atoms with Crippen LogP contribution >= 0.6 is 0 Å². The number of imidazole rings is 2. The summed E-state index contributed by atoms with van der Waals surface area (Å²) in [5.41, 5.74) is 6.33. The van der Waals surface area contributed by atoms with Gasteiger partial charge >= 0.3 is 17.9 Å². The van der Waals surface area contributed by atoms with E-state index in [9.17, 15) is 86.9 Å². The fourth-order valence-corrected chi connectivity index (χ4v) is 10.2. The minimum Gasteiger partial charge on any atom is -0.481 e. The predicted molar refractivity (Wildman–Crippen MR) is 329 cm³/mol. The lowest BCUT2D eigenvalue weighted by molar-refractivity contribution is -0.144. The maximum atomic E-state index is 13.9. The molecular formula is C58H88N18O19. The van der Waals surface area contributed by atoms with E-state index in [1.165, 1.54) is 57.6 Å². The van der Waals surface area contributed by atoms with Gasteiger partial charge < -0.3 is 99.3 Å². The number of aliphatic carboxylic acids is 3. The fraction of sp³-hybridized carbons (Fsp3) is 0.621. The van der Waals surface area contributed by atoms with E-state index in [1.54, 1.807) is 27.7 Å². The van der Waals surface area contributed by atoms with Gasteiger partial charge in [0.15, 0.2) is 0 Å². The number of hydrogen-bond donors (Lipinski definition) is 17. The number of aromatic amines is 2. The van der Waals surface area contributed by atoms with Crippen molar-refractivity contribution in [2.24, 2.45) is 17.6 Å². The van der Waals surface area contributed by atoms with E-state index >= 15 is 0 Å². The van der Waals surface area contributed by atoms with E-state index in [0.717, 1.165) is 4.90 Å². The highest BCUT2D eigenvalue weighted by molar-refractivity contribution is 6.00. The first-order valence-electron chi connectivity index (χ1n) is 30.9. The predicted octanol–water partition coefficient (Wildman–Crippen LogP) is -5.97. The number of carboxylic acids is 3. The van der Waals surface area contributed by atoms with Gasteiger partial charge in [0.25, 0.3) is 0 Å². The second-order valence-electron chi connectivity index (χ2n) is 23.8. The Morgan fingerprint density at radius 1 is 0.474 bits per heavy atom. The van der Waals surface area contributed by atoms with Crippen LogP contribution in [0, 0.1) is 11.8 Å². The number of aromatic nitrogens is 4. The second-order valence-corrected chi connectivity index (χ2v) is 23.8. The smallest absolute Gasteiger partial charge is 0.326 e. The van der Waals surface area contributed by atoms with Crippen LogP contribution in [0.25, 0.3) is 0 Å². The number of nitrogens with zero attached hydrogens (tertiary/aromatic N) is 4. The van der Waals surface area contributed by atoms with Crippen LogP contribution in [0.5, 0.6) is 0 Å². The van der Waals surface area contributed by atoms with Crippen LogP contribution in [0.2, 0.25) is 0 Å². The molecule has 0 saturated carbocycles. The van der Waals surface area contributed by atoms with Gasteiger partial charge in [-0.3, -0.25) is 71.9 Å². The third-order valence-electron chi connectivity index (χ3n) is 15.6. The summed E-state index contributed by atoms with van der Waals surface area (Å²) in [5, 5.41) is 55.2. The molecule has 18 N–H and O–H groups in total. The van der Waals surface area contributed by atoms with Gasteiger partial charge in [-0.15, -0.1) is 0 Å². The molecule has 2 aliphatic heterocycles. The average molecular weight is 1340 g/mol. The summed E-state index contributed by atoms with van der Waals surface area (Å²) in [6, 6.07) is -15.9. The van der Waals surface area contributed by atoms with Crippen LogP contribution in [-0.2, 0) is 89.6 Å². The maximum absolute atomic E-state index is 13.9. The first-order chi connectivity index (χ1) is 44.7. The number of H-pyrrole nitrogens is 2. The number of nitrogens with one attached hydrogen (secondary N) is 13. The highest BCUT2D eigenvalue weighted by Gasteiger charge is 2.40. The number of carbonyl (C=O) groups is 16. The van der Waals surface area contributed by atoms with Crippen molar-refractivity contribution in [2.45, 2.75) is 192 Å². The highest BCUT2D eigenvalue weighted by Crippen LogP contribution is 2.20. The van der Waals surface area contributed by atoms with Crippen molar-refractivity contribution in [3.8, 4) is 0 Å². The van der Waals surface area contributed by atoms with Crippen molar-refractivity contribution in [3.63, 3.8) is 0 Å². The Kier molecular flexibility index (Phi) is 30.1. The first kappa shape index (κ1) is 77.3. The van der Waals surface area contributed by atoms with E-state index in [-0.39, 0.29) is 32.4 Å². The molecule has 2 aliphatic rings.